The minimum Gasteiger partial charge on any atom is -0.480 e. The zero-order valence-corrected chi connectivity index (χ0v) is 14.6. The van der Waals surface area contributed by atoms with E-state index in [9.17, 15) is 14.7 Å². The van der Waals surface area contributed by atoms with Crippen LogP contribution >= 0.6 is 11.3 Å². The number of benzene rings is 1. The van der Waals surface area contributed by atoms with Crippen LogP contribution < -0.4 is 5.32 Å². The van der Waals surface area contributed by atoms with Gasteiger partial charge in [-0.3, -0.25) is 14.5 Å². The fourth-order valence-electron chi connectivity index (χ4n) is 2.40. The molecule has 1 unspecified atom stereocenters. The van der Waals surface area contributed by atoms with E-state index in [4.69, 9.17) is 0 Å². The van der Waals surface area contributed by atoms with Crippen LogP contribution in [0.2, 0.25) is 0 Å². The second-order valence-electron chi connectivity index (χ2n) is 5.64. The van der Waals surface area contributed by atoms with Gasteiger partial charge in [0, 0.05) is 19.2 Å². The number of carbonyl (C=O) groups is 2. The predicted molar refractivity (Wildman–Crippen MR) is 94.9 cm³/mol. The fraction of sp³-hybridized carbons (Fsp3) is 0.235. The monoisotopic (exact) mass is 371 g/mol. The third-order valence-electron chi connectivity index (χ3n) is 3.73. The Morgan fingerprint density at radius 1 is 1.27 bits per heavy atom. The first-order valence-corrected chi connectivity index (χ1v) is 8.85. The van der Waals surface area contributed by atoms with Crippen molar-refractivity contribution in [2.45, 2.75) is 25.4 Å². The predicted octanol–water partition coefficient (Wildman–Crippen LogP) is 1.40. The van der Waals surface area contributed by atoms with Crippen LogP contribution in [-0.2, 0) is 24.2 Å². The summed E-state index contributed by atoms with van der Waals surface area (Å²) in [6.45, 7) is 0.641. The Bertz CT molecular complexity index is 864. The van der Waals surface area contributed by atoms with Crippen molar-refractivity contribution in [2.24, 2.45) is 0 Å². The van der Waals surface area contributed by atoms with E-state index >= 15 is 0 Å². The number of rotatable bonds is 8. The summed E-state index contributed by atoms with van der Waals surface area (Å²) in [7, 11) is 0. The molecule has 0 spiro atoms. The van der Waals surface area contributed by atoms with Gasteiger partial charge in [-0.05, 0) is 12.0 Å². The van der Waals surface area contributed by atoms with Gasteiger partial charge in [0.25, 0.3) is 5.91 Å². The average molecular weight is 371 g/mol. The van der Waals surface area contributed by atoms with E-state index in [0.29, 0.717) is 17.1 Å². The van der Waals surface area contributed by atoms with Crippen LogP contribution in [0.5, 0.6) is 0 Å². The molecule has 0 aliphatic heterocycles. The number of carboxylic acid groups (broad SMARTS) is 1. The van der Waals surface area contributed by atoms with Crippen LogP contribution in [0.15, 0.2) is 48.2 Å². The van der Waals surface area contributed by atoms with Gasteiger partial charge in [-0.2, -0.15) is 0 Å². The van der Waals surface area contributed by atoms with Crippen molar-refractivity contribution >= 4 is 23.2 Å². The molecule has 2 heterocycles. The van der Waals surface area contributed by atoms with Gasteiger partial charge < -0.3 is 10.4 Å². The second kappa shape index (κ2) is 8.34. The maximum absolute atomic E-state index is 12.0. The lowest BCUT2D eigenvalue weighted by Gasteiger charge is -2.12. The highest BCUT2D eigenvalue weighted by molar-refractivity contribution is 7.11. The topological polar surface area (TPSA) is 110 Å². The first-order chi connectivity index (χ1) is 12.6. The van der Waals surface area contributed by atoms with Crippen molar-refractivity contribution in [1.29, 1.82) is 0 Å². The zero-order chi connectivity index (χ0) is 18.4. The molecule has 0 aliphatic carbocycles. The third-order valence-corrected chi connectivity index (χ3v) is 4.50. The van der Waals surface area contributed by atoms with Crippen molar-refractivity contribution in [1.82, 2.24) is 25.3 Å². The largest absolute Gasteiger partial charge is 0.480 e. The molecule has 2 N–H and O–H groups in total. The fourth-order valence-corrected chi connectivity index (χ4v) is 2.92. The summed E-state index contributed by atoms with van der Waals surface area (Å²) in [5, 5.41) is 19.9. The Balaban J connectivity index is 1.58. The van der Waals surface area contributed by atoms with Gasteiger partial charge in [0.15, 0.2) is 0 Å². The molecule has 0 aliphatic rings. The first kappa shape index (κ1) is 17.7. The molecular weight excluding hydrogens is 354 g/mol. The summed E-state index contributed by atoms with van der Waals surface area (Å²) in [5.41, 5.74) is 3.21. The molecule has 1 amide bonds. The lowest BCUT2D eigenvalue weighted by Crippen LogP contribution is -2.42. The van der Waals surface area contributed by atoms with Gasteiger partial charge in [-0.15, -0.1) is 16.4 Å². The molecule has 9 heteroatoms. The van der Waals surface area contributed by atoms with Gasteiger partial charge in [0.1, 0.15) is 10.9 Å². The molecule has 134 valence electrons. The quantitative estimate of drug-likeness (QED) is 0.619. The van der Waals surface area contributed by atoms with Crippen LogP contribution in [0, 0.1) is 0 Å². The summed E-state index contributed by atoms with van der Waals surface area (Å²) in [4.78, 5) is 27.7. The number of amides is 1. The maximum atomic E-state index is 12.0. The van der Waals surface area contributed by atoms with E-state index in [-0.39, 0.29) is 6.42 Å². The van der Waals surface area contributed by atoms with Crippen molar-refractivity contribution in [3.63, 3.8) is 0 Å². The molecule has 1 aromatic carbocycles. The SMILES string of the molecule is O=C(NC(Cc1cn(CCc2ccccc2)nn1)C(=O)O)c1cncs1. The van der Waals surface area contributed by atoms with Crippen LogP contribution in [0.1, 0.15) is 20.9 Å². The van der Waals surface area contributed by atoms with Crippen LogP contribution in [-0.4, -0.2) is 43.0 Å². The summed E-state index contributed by atoms with van der Waals surface area (Å²) in [5.74, 6) is -1.59. The summed E-state index contributed by atoms with van der Waals surface area (Å²) in [6, 6.07) is 8.91. The minimum absolute atomic E-state index is 0.0607. The van der Waals surface area contributed by atoms with E-state index in [1.165, 1.54) is 17.3 Å². The van der Waals surface area contributed by atoms with Crippen molar-refractivity contribution in [3.05, 3.63) is 64.4 Å². The highest BCUT2D eigenvalue weighted by atomic mass is 32.1. The molecule has 0 fully saturated rings. The number of aryl methyl sites for hydroxylation is 2. The number of hydrogen-bond donors (Lipinski definition) is 2. The summed E-state index contributed by atoms with van der Waals surface area (Å²) >= 11 is 1.15. The van der Waals surface area contributed by atoms with Crippen molar-refractivity contribution < 1.29 is 14.7 Å². The smallest absolute Gasteiger partial charge is 0.326 e. The Labute approximate surface area is 153 Å². The number of hydrogen-bond acceptors (Lipinski definition) is 6. The van der Waals surface area contributed by atoms with E-state index < -0.39 is 17.9 Å². The molecule has 0 saturated carbocycles. The molecule has 2 aromatic heterocycles. The normalized spacial score (nSPS) is 11.8. The number of nitrogens with zero attached hydrogens (tertiary/aromatic N) is 4. The highest BCUT2D eigenvalue weighted by Gasteiger charge is 2.23. The second-order valence-corrected chi connectivity index (χ2v) is 6.53. The van der Waals surface area contributed by atoms with Gasteiger partial charge in [-0.25, -0.2) is 4.79 Å². The minimum atomic E-state index is -1.12. The molecule has 26 heavy (non-hydrogen) atoms. The molecular formula is C17H17N5O3S. The van der Waals surface area contributed by atoms with E-state index in [0.717, 1.165) is 17.8 Å². The number of aliphatic carboxylic acids is 1. The van der Waals surface area contributed by atoms with E-state index in [2.05, 4.69) is 20.6 Å². The van der Waals surface area contributed by atoms with E-state index in [1.807, 2.05) is 30.3 Å². The molecule has 1 atom stereocenters. The van der Waals surface area contributed by atoms with Gasteiger partial charge in [0.2, 0.25) is 0 Å². The Kier molecular flexibility index (Phi) is 5.69. The number of carboxylic acids is 1. The summed E-state index contributed by atoms with van der Waals surface area (Å²) < 4.78 is 1.67. The average Bonchev–Trinajstić information content (AvgIpc) is 3.32. The van der Waals surface area contributed by atoms with Gasteiger partial charge >= 0.3 is 5.97 Å². The maximum Gasteiger partial charge on any atom is 0.326 e. The lowest BCUT2D eigenvalue weighted by molar-refractivity contribution is -0.139. The van der Waals surface area contributed by atoms with Crippen LogP contribution in [0.25, 0.3) is 0 Å². The Morgan fingerprint density at radius 2 is 2.08 bits per heavy atom. The zero-order valence-electron chi connectivity index (χ0n) is 13.8. The first-order valence-electron chi connectivity index (χ1n) is 7.97. The molecule has 8 nitrogen and oxygen atoms in total. The van der Waals surface area contributed by atoms with Gasteiger partial charge in [-0.1, -0.05) is 35.5 Å². The highest BCUT2D eigenvalue weighted by Crippen LogP contribution is 2.07. The molecule has 0 bridgehead atoms. The molecule has 0 radical (unpaired) electrons. The Morgan fingerprint density at radius 3 is 2.77 bits per heavy atom. The van der Waals surface area contributed by atoms with Crippen molar-refractivity contribution in [2.75, 3.05) is 0 Å². The molecule has 0 saturated heterocycles. The lowest BCUT2D eigenvalue weighted by atomic mass is 10.1. The third kappa shape index (κ3) is 4.73. The van der Waals surface area contributed by atoms with Crippen LogP contribution in [0.4, 0.5) is 0 Å². The van der Waals surface area contributed by atoms with Gasteiger partial charge in [0.05, 0.1) is 17.4 Å². The molecule has 3 aromatic rings. The Hall–Kier alpha value is -3.07. The van der Waals surface area contributed by atoms with E-state index in [1.54, 1.807) is 10.9 Å². The standard InChI is InChI=1S/C17H17N5O3S/c23-16(15-9-18-11-26-15)19-14(17(24)25)8-13-10-22(21-20-13)7-6-12-4-2-1-3-5-12/h1-5,9-11,14H,6-8H2,(H,19,23)(H,24,25). The number of aromatic nitrogens is 4. The molecule has 3 rings (SSSR count). The van der Waals surface area contributed by atoms with Crippen LogP contribution in [0.3, 0.4) is 0 Å². The van der Waals surface area contributed by atoms with Crippen molar-refractivity contribution in [3.8, 4) is 0 Å². The summed E-state index contributed by atoms with van der Waals surface area (Å²) in [6.07, 6.45) is 3.97. The number of carbonyl (C=O) groups excluding carboxylic acids is 1. The number of thiazole rings is 1. The number of nitrogens with one attached hydrogen (secondary N) is 1.